The topological polar surface area (TPSA) is 77.4 Å². The van der Waals surface area contributed by atoms with Gasteiger partial charge < -0.3 is 29.2 Å². The third-order valence-corrected chi connectivity index (χ3v) is 13.5. The molecule has 2 N–H and O–H groups in total. The van der Waals surface area contributed by atoms with Crippen LogP contribution in [0.3, 0.4) is 0 Å². The fourth-order valence-electron chi connectivity index (χ4n) is 4.41. The lowest BCUT2D eigenvalue weighted by Crippen LogP contribution is -2.26. The Hall–Kier alpha value is -0.160. The lowest BCUT2D eigenvalue weighted by atomic mass is 9.78. The summed E-state index contributed by atoms with van der Waals surface area (Å²) >= 11 is 28.6. The minimum absolute atomic E-state index is 0.0434. The monoisotopic (exact) mass is 1150 g/mol. The highest BCUT2D eigenvalue weighted by Gasteiger charge is 2.31. The number of hydrogen-bond acceptors (Lipinski definition) is 6. The smallest absolute Gasteiger partial charge is 0.134 e. The van der Waals surface area contributed by atoms with Gasteiger partial charge in [0.05, 0.1) is 17.9 Å². The first-order valence-corrected chi connectivity index (χ1v) is 20.3. The number of rotatable bonds is 14. The first-order chi connectivity index (χ1) is 22.2. The molecule has 4 aromatic rings. The summed E-state index contributed by atoms with van der Waals surface area (Å²) in [7, 11) is 0. The van der Waals surface area contributed by atoms with Gasteiger partial charge in [0.15, 0.2) is 0 Å². The molecular formula is C33H28Br8O6. The highest BCUT2D eigenvalue weighted by molar-refractivity contribution is 9.13. The standard InChI is InChI=1S/C33H28Br8O6/c1-33(2,21-5-9-25(31(40)29(21)38)44-13-19(42)15-46-27-11-17(34)3-7-23(27)36)22-6-10-26(32(41)30(22)39)45-14-20(43)16-47-28-12-18(35)4-8-24(28)37/h3-12,19-20,42-43H,13-16H2,1-2H3. The molecule has 0 heterocycles. The van der Waals surface area contributed by atoms with E-state index in [4.69, 9.17) is 18.9 Å². The van der Waals surface area contributed by atoms with Crippen LogP contribution in [0.15, 0.2) is 96.4 Å². The molecule has 0 radical (unpaired) electrons. The Morgan fingerprint density at radius 2 is 0.830 bits per heavy atom. The van der Waals surface area contributed by atoms with E-state index < -0.39 is 17.6 Å². The average molecular weight is 1160 g/mol. The van der Waals surface area contributed by atoms with Gasteiger partial charge in [0.1, 0.15) is 61.6 Å². The summed E-state index contributed by atoms with van der Waals surface area (Å²) in [4.78, 5) is 0. The van der Waals surface area contributed by atoms with Gasteiger partial charge in [-0.2, -0.15) is 0 Å². The molecule has 6 nitrogen and oxygen atoms in total. The Bertz CT molecular complexity index is 1590. The summed E-state index contributed by atoms with van der Waals surface area (Å²) in [6.45, 7) is 4.46. The lowest BCUT2D eigenvalue weighted by Gasteiger charge is -2.30. The SMILES string of the molecule is CC(C)(c1ccc(OCC(O)COc2cc(Br)ccc2Br)c(Br)c1Br)c1ccc(OCC(O)COc2cc(Br)ccc2Br)c(Br)c1Br. The van der Waals surface area contributed by atoms with Crippen molar-refractivity contribution in [3.05, 3.63) is 108 Å². The first-order valence-electron chi connectivity index (χ1n) is 13.9. The van der Waals surface area contributed by atoms with Crippen molar-refractivity contribution in [3.63, 3.8) is 0 Å². The Balaban J connectivity index is 1.39. The van der Waals surface area contributed by atoms with Crippen molar-refractivity contribution >= 4 is 127 Å². The van der Waals surface area contributed by atoms with Crippen molar-refractivity contribution in [1.29, 1.82) is 0 Å². The van der Waals surface area contributed by atoms with Gasteiger partial charge in [0, 0.05) is 23.3 Å². The van der Waals surface area contributed by atoms with E-state index in [1.807, 2.05) is 60.7 Å². The molecule has 0 fully saturated rings. The highest BCUT2D eigenvalue weighted by Crippen LogP contribution is 2.47. The summed E-state index contributed by atoms with van der Waals surface area (Å²) in [5.74, 6) is 2.41. The van der Waals surface area contributed by atoms with Gasteiger partial charge in [-0.3, -0.25) is 0 Å². The van der Waals surface area contributed by atoms with Gasteiger partial charge in [-0.1, -0.05) is 57.8 Å². The number of halogens is 8. The zero-order valence-corrected chi connectivity index (χ0v) is 37.5. The Morgan fingerprint density at radius 3 is 1.19 bits per heavy atom. The van der Waals surface area contributed by atoms with Gasteiger partial charge in [-0.25, -0.2) is 0 Å². The summed E-state index contributed by atoms with van der Waals surface area (Å²) < 4.78 is 29.9. The van der Waals surface area contributed by atoms with E-state index in [9.17, 15) is 10.2 Å². The van der Waals surface area contributed by atoms with Crippen LogP contribution in [-0.4, -0.2) is 48.8 Å². The minimum atomic E-state index is -0.848. The number of aliphatic hydroxyl groups excluding tert-OH is 2. The molecule has 0 aliphatic carbocycles. The molecule has 0 spiro atoms. The quantitative estimate of drug-likeness (QED) is 0.131. The van der Waals surface area contributed by atoms with Crippen molar-refractivity contribution in [3.8, 4) is 23.0 Å². The van der Waals surface area contributed by atoms with E-state index in [0.717, 1.165) is 46.9 Å². The first kappa shape index (κ1) is 39.6. The fraction of sp³-hybridized carbons (Fsp3) is 0.273. The second kappa shape index (κ2) is 17.9. The van der Waals surface area contributed by atoms with Gasteiger partial charge in [-0.05, 0) is 155 Å². The van der Waals surface area contributed by atoms with Gasteiger partial charge >= 0.3 is 0 Å². The molecule has 0 bridgehead atoms. The van der Waals surface area contributed by atoms with E-state index in [2.05, 4.69) is 141 Å². The van der Waals surface area contributed by atoms with Gasteiger partial charge in [0.2, 0.25) is 0 Å². The molecule has 2 unspecified atom stereocenters. The molecule has 252 valence electrons. The number of aliphatic hydroxyl groups is 2. The molecule has 47 heavy (non-hydrogen) atoms. The molecular weight excluding hydrogens is 1130 g/mol. The van der Waals surface area contributed by atoms with Crippen molar-refractivity contribution in [2.24, 2.45) is 0 Å². The molecule has 0 aromatic heterocycles. The molecule has 0 aliphatic rings. The van der Waals surface area contributed by atoms with Crippen LogP contribution in [0.1, 0.15) is 25.0 Å². The van der Waals surface area contributed by atoms with Crippen LogP contribution in [0.25, 0.3) is 0 Å². The predicted molar refractivity (Wildman–Crippen MR) is 213 cm³/mol. The van der Waals surface area contributed by atoms with Crippen LogP contribution >= 0.6 is 127 Å². The number of hydrogen-bond donors (Lipinski definition) is 2. The van der Waals surface area contributed by atoms with E-state index in [0.29, 0.717) is 23.0 Å². The molecule has 0 saturated heterocycles. The average Bonchev–Trinajstić information content (AvgIpc) is 3.03. The van der Waals surface area contributed by atoms with Crippen LogP contribution in [0.5, 0.6) is 23.0 Å². The zero-order chi connectivity index (χ0) is 34.5. The largest absolute Gasteiger partial charge is 0.490 e. The maximum atomic E-state index is 10.5. The molecule has 0 saturated carbocycles. The highest BCUT2D eigenvalue weighted by atomic mass is 79.9. The maximum Gasteiger partial charge on any atom is 0.134 e. The van der Waals surface area contributed by atoms with Crippen molar-refractivity contribution in [1.82, 2.24) is 0 Å². The minimum Gasteiger partial charge on any atom is -0.490 e. The maximum absolute atomic E-state index is 10.5. The third-order valence-electron chi connectivity index (χ3n) is 6.95. The van der Waals surface area contributed by atoms with Crippen LogP contribution < -0.4 is 18.9 Å². The summed E-state index contributed by atoms with van der Waals surface area (Å²) in [6, 6.07) is 18.9. The van der Waals surface area contributed by atoms with Crippen LogP contribution in [0.2, 0.25) is 0 Å². The molecule has 14 heteroatoms. The Labute approximate surface area is 341 Å². The van der Waals surface area contributed by atoms with Crippen molar-refractivity contribution in [2.45, 2.75) is 31.5 Å². The summed E-state index contributed by atoms with van der Waals surface area (Å²) in [6.07, 6.45) is -1.70. The number of benzene rings is 4. The zero-order valence-electron chi connectivity index (χ0n) is 24.8. The second-order valence-electron chi connectivity index (χ2n) is 10.8. The van der Waals surface area contributed by atoms with Crippen molar-refractivity contribution in [2.75, 3.05) is 26.4 Å². The van der Waals surface area contributed by atoms with Crippen LogP contribution in [0.4, 0.5) is 0 Å². The van der Waals surface area contributed by atoms with Crippen LogP contribution in [-0.2, 0) is 5.41 Å². The second-order valence-corrected chi connectivity index (χ2v) is 17.5. The molecule has 4 rings (SSSR count). The van der Waals surface area contributed by atoms with Crippen LogP contribution in [0, 0.1) is 0 Å². The summed E-state index contributed by atoms with van der Waals surface area (Å²) in [5.41, 5.74) is 1.55. The van der Waals surface area contributed by atoms with Gasteiger partial charge in [-0.15, -0.1) is 0 Å². The van der Waals surface area contributed by atoms with E-state index >= 15 is 0 Å². The summed E-state index contributed by atoms with van der Waals surface area (Å²) in [5, 5.41) is 21.0. The number of ether oxygens (including phenoxy) is 4. The fourth-order valence-corrected chi connectivity index (χ4v) is 8.38. The van der Waals surface area contributed by atoms with E-state index in [1.54, 1.807) is 0 Å². The Morgan fingerprint density at radius 1 is 0.489 bits per heavy atom. The van der Waals surface area contributed by atoms with E-state index in [1.165, 1.54) is 0 Å². The molecule has 4 aromatic carbocycles. The molecule has 0 amide bonds. The van der Waals surface area contributed by atoms with Gasteiger partial charge in [0.25, 0.3) is 0 Å². The third kappa shape index (κ3) is 10.4. The lowest BCUT2D eigenvalue weighted by molar-refractivity contribution is 0.0620. The van der Waals surface area contributed by atoms with E-state index in [-0.39, 0.29) is 26.4 Å². The Kier molecular flexibility index (Phi) is 15.1. The van der Waals surface area contributed by atoms with Crippen molar-refractivity contribution < 1.29 is 29.2 Å². The predicted octanol–water partition coefficient (Wildman–Crippen LogP) is 11.7. The molecule has 2 atom stereocenters. The molecule has 0 aliphatic heterocycles. The normalized spacial score (nSPS) is 12.9.